The number of hydrogen-bond donors (Lipinski definition) is 1. The van der Waals surface area contributed by atoms with Crippen LogP contribution in [0.3, 0.4) is 0 Å². The second-order valence-electron chi connectivity index (χ2n) is 7.51. The second-order valence-corrected chi connectivity index (χ2v) is 7.51. The summed E-state index contributed by atoms with van der Waals surface area (Å²) in [7, 11) is 2.15. The summed E-state index contributed by atoms with van der Waals surface area (Å²) >= 11 is 0. The normalized spacial score (nSPS) is 23.6. The van der Waals surface area contributed by atoms with E-state index in [-0.39, 0.29) is 17.5 Å². The van der Waals surface area contributed by atoms with Crippen molar-refractivity contribution in [3.63, 3.8) is 0 Å². The molecular weight excluding hydrogens is 298 g/mol. The second kappa shape index (κ2) is 7.66. The maximum absolute atomic E-state index is 13.0. The minimum Gasteiger partial charge on any atom is -0.345 e. The smallest absolute Gasteiger partial charge is 0.237 e. The van der Waals surface area contributed by atoms with Crippen LogP contribution in [0.2, 0.25) is 0 Å². The first kappa shape index (κ1) is 17.4. The molecule has 1 aromatic rings. The first-order chi connectivity index (χ1) is 11.6. The molecule has 1 unspecified atom stereocenters. The van der Waals surface area contributed by atoms with E-state index in [2.05, 4.69) is 59.4 Å². The number of hydrogen-bond acceptors (Lipinski definition) is 3. The Labute approximate surface area is 146 Å². The Balaban J connectivity index is 1.71. The molecule has 4 nitrogen and oxygen atoms in total. The van der Waals surface area contributed by atoms with Crippen LogP contribution in [0.25, 0.3) is 0 Å². The van der Waals surface area contributed by atoms with Crippen molar-refractivity contribution < 1.29 is 4.79 Å². The van der Waals surface area contributed by atoms with Crippen molar-refractivity contribution in [3.05, 3.63) is 35.9 Å². The van der Waals surface area contributed by atoms with Gasteiger partial charge in [-0.25, -0.2) is 0 Å². The van der Waals surface area contributed by atoms with Crippen LogP contribution in [0.15, 0.2) is 30.3 Å². The standard InChI is InChI=1S/C20H31N3O/c1-17(23-15-13-22(2)14-16-23)19(24)21-20(11-7-4-8-12-20)18-9-5-3-6-10-18/h3,5-6,9-10,17H,4,7-8,11-16H2,1-2H3,(H,21,24). The Hall–Kier alpha value is -1.39. The highest BCUT2D eigenvalue weighted by Gasteiger charge is 2.37. The van der Waals surface area contributed by atoms with Crippen molar-refractivity contribution in [2.75, 3.05) is 33.2 Å². The molecule has 0 aromatic heterocycles. The molecule has 132 valence electrons. The van der Waals surface area contributed by atoms with E-state index in [9.17, 15) is 4.79 Å². The van der Waals surface area contributed by atoms with Gasteiger partial charge in [-0.05, 0) is 32.4 Å². The number of carbonyl (C=O) groups is 1. The van der Waals surface area contributed by atoms with Crippen molar-refractivity contribution in [2.24, 2.45) is 0 Å². The summed E-state index contributed by atoms with van der Waals surface area (Å²) in [5, 5.41) is 3.46. The van der Waals surface area contributed by atoms with E-state index in [0.717, 1.165) is 39.0 Å². The molecule has 1 N–H and O–H groups in total. The van der Waals surface area contributed by atoms with Gasteiger partial charge in [0.25, 0.3) is 0 Å². The molecule has 1 aliphatic carbocycles. The molecule has 1 saturated carbocycles. The molecule has 0 bridgehead atoms. The molecule has 4 heteroatoms. The topological polar surface area (TPSA) is 35.6 Å². The van der Waals surface area contributed by atoms with E-state index in [4.69, 9.17) is 0 Å². The van der Waals surface area contributed by atoms with Gasteiger partial charge in [-0.15, -0.1) is 0 Å². The number of amides is 1. The van der Waals surface area contributed by atoms with Gasteiger partial charge in [0, 0.05) is 26.2 Å². The monoisotopic (exact) mass is 329 g/mol. The van der Waals surface area contributed by atoms with Gasteiger partial charge in [-0.3, -0.25) is 9.69 Å². The van der Waals surface area contributed by atoms with E-state index < -0.39 is 0 Å². The Morgan fingerprint density at radius 1 is 1.04 bits per heavy atom. The van der Waals surface area contributed by atoms with Crippen LogP contribution in [-0.2, 0) is 10.3 Å². The predicted molar refractivity (Wildman–Crippen MR) is 97.9 cm³/mol. The third-order valence-electron chi connectivity index (χ3n) is 5.86. The zero-order valence-electron chi connectivity index (χ0n) is 15.1. The fourth-order valence-corrected chi connectivity index (χ4v) is 4.11. The van der Waals surface area contributed by atoms with Gasteiger partial charge in [0.2, 0.25) is 5.91 Å². The molecule has 1 saturated heterocycles. The van der Waals surface area contributed by atoms with Crippen molar-refractivity contribution in [3.8, 4) is 0 Å². The molecule has 0 radical (unpaired) electrons. The Bertz CT molecular complexity index is 531. The average Bonchev–Trinajstić information content (AvgIpc) is 2.63. The summed E-state index contributed by atoms with van der Waals surface area (Å²) in [5.74, 6) is 0.185. The lowest BCUT2D eigenvalue weighted by molar-refractivity contribution is -0.129. The molecule has 3 rings (SSSR count). The number of rotatable bonds is 4. The SMILES string of the molecule is CC(C(=O)NC1(c2ccccc2)CCCCC1)N1CCN(C)CC1. The Kier molecular flexibility index (Phi) is 5.57. The first-order valence-electron chi connectivity index (χ1n) is 9.41. The quantitative estimate of drug-likeness (QED) is 0.922. The maximum atomic E-state index is 13.0. The molecule has 1 heterocycles. The lowest BCUT2D eigenvalue weighted by Crippen LogP contribution is -2.57. The van der Waals surface area contributed by atoms with Crippen LogP contribution >= 0.6 is 0 Å². The number of likely N-dealkylation sites (N-methyl/N-ethyl adjacent to an activating group) is 1. The average molecular weight is 329 g/mol. The number of carbonyl (C=O) groups excluding carboxylic acids is 1. The molecular formula is C20H31N3O. The summed E-state index contributed by atoms with van der Waals surface area (Å²) in [6.07, 6.45) is 5.77. The highest BCUT2D eigenvalue weighted by molar-refractivity contribution is 5.82. The van der Waals surface area contributed by atoms with Gasteiger partial charge in [-0.1, -0.05) is 49.6 Å². The Morgan fingerprint density at radius 3 is 2.29 bits per heavy atom. The van der Waals surface area contributed by atoms with E-state index in [1.54, 1.807) is 0 Å². The molecule has 0 spiro atoms. The summed E-state index contributed by atoms with van der Waals surface area (Å²) in [4.78, 5) is 17.6. The molecule has 2 aliphatic rings. The van der Waals surface area contributed by atoms with Crippen LogP contribution in [0.4, 0.5) is 0 Å². The fraction of sp³-hybridized carbons (Fsp3) is 0.650. The van der Waals surface area contributed by atoms with Gasteiger partial charge in [0.1, 0.15) is 0 Å². The largest absolute Gasteiger partial charge is 0.345 e. The van der Waals surface area contributed by atoms with Crippen LogP contribution in [0.5, 0.6) is 0 Å². The molecule has 24 heavy (non-hydrogen) atoms. The summed E-state index contributed by atoms with van der Waals surface area (Å²) in [6, 6.07) is 10.5. The van der Waals surface area contributed by atoms with Gasteiger partial charge in [0.15, 0.2) is 0 Å². The van der Waals surface area contributed by atoms with Gasteiger partial charge in [-0.2, -0.15) is 0 Å². The molecule has 1 aromatic carbocycles. The maximum Gasteiger partial charge on any atom is 0.237 e. The van der Waals surface area contributed by atoms with Crippen LogP contribution < -0.4 is 5.32 Å². The minimum atomic E-state index is -0.169. The van der Waals surface area contributed by atoms with Crippen LogP contribution in [-0.4, -0.2) is 55.0 Å². The van der Waals surface area contributed by atoms with Gasteiger partial charge < -0.3 is 10.2 Å². The van der Waals surface area contributed by atoms with E-state index in [1.165, 1.54) is 24.8 Å². The molecule has 1 amide bonds. The lowest BCUT2D eigenvalue weighted by Gasteiger charge is -2.41. The first-order valence-corrected chi connectivity index (χ1v) is 9.41. The Morgan fingerprint density at radius 2 is 1.67 bits per heavy atom. The van der Waals surface area contributed by atoms with Crippen molar-refractivity contribution in [1.29, 1.82) is 0 Å². The van der Waals surface area contributed by atoms with Gasteiger partial charge in [0.05, 0.1) is 11.6 Å². The number of piperazine rings is 1. The zero-order chi connectivity index (χ0) is 17.0. The number of benzene rings is 1. The number of nitrogens with one attached hydrogen (secondary N) is 1. The lowest BCUT2D eigenvalue weighted by atomic mass is 9.76. The van der Waals surface area contributed by atoms with E-state index in [0.29, 0.717) is 0 Å². The summed E-state index contributed by atoms with van der Waals surface area (Å²) in [6.45, 7) is 6.10. The number of nitrogens with zero attached hydrogens (tertiary/aromatic N) is 2. The van der Waals surface area contributed by atoms with Gasteiger partial charge >= 0.3 is 0 Å². The van der Waals surface area contributed by atoms with E-state index in [1.807, 2.05) is 0 Å². The van der Waals surface area contributed by atoms with Crippen molar-refractivity contribution in [2.45, 2.75) is 50.6 Å². The third-order valence-corrected chi connectivity index (χ3v) is 5.86. The molecule has 2 fully saturated rings. The minimum absolute atomic E-state index is 0.0544. The van der Waals surface area contributed by atoms with Crippen LogP contribution in [0, 0.1) is 0 Å². The highest BCUT2D eigenvalue weighted by Crippen LogP contribution is 2.37. The van der Waals surface area contributed by atoms with Crippen LogP contribution in [0.1, 0.15) is 44.6 Å². The fourth-order valence-electron chi connectivity index (χ4n) is 4.11. The summed E-state index contributed by atoms with van der Waals surface area (Å²) in [5.41, 5.74) is 1.10. The predicted octanol–water partition coefficient (Wildman–Crippen LogP) is 2.60. The highest BCUT2D eigenvalue weighted by atomic mass is 16.2. The van der Waals surface area contributed by atoms with E-state index >= 15 is 0 Å². The summed E-state index contributed by atoms with van der Waals surface area (Å²) < 4.78 is 0. The van der Waals surface area contributed by atoms with Crippen molar-refractivity contribution >= 4 is 5.91 Å². The van der Waals surface area contributed by atoms with Crippen molar-refractivity contribution in [1.82, 2.24) is 15.1 Å². The third kappa shape index (κ3) is 3.81. The molecule has 1 atom stereocenters. The zero-order valence-corrected chi connectivity index (χ0v) is 15.1. The molecule has 1 aliphatic heterocycles.